The van der Waals surface area contributed by atoms with Crippen LogP contribution in [0.5, 0.6) is 0 Å². The molecule has 0 unspecified atom stereocenters. The van der Waals surface area contributed by atoms with Gasteiger partial charge in [-0.3, -0.25) is 4.79 Å². The molecule has 4 heteroatoms. The lowest BCUT2D eigenvalue weighted by molar-refractivity contribution is 0.821. The zero-order chi connectivity index (χ0) is 18.4. The second-order valence-electron chi connectivity index (χ2n) is 6.78. The van der Waals surface area contributed by atoms with Crippen molar-refractivity contribution in [2.45, 2.75) is 27.7 Å². The number of nitrogens with zero attached hydrogens (tertiary/aromatic N) is 3. The predicted molar refractivity (Wildman–Crippen MR) is 106 cm³/mol. The molecule has 2 heterocycles. The van der Waals surface area contributed by atoms with E-state index >= 15 is 0 Å². The normalized spacial score (nSPS) is 11.2. The molecule has 0 spiro atoms. The van der Waals surface area contributed by atoms with E-state index in [1.165, 1.54) is 15.8 Å². The molecule has 0 fully saturated rings. The standard InChI is InChI=1S/C22H21N3O/c1-14-10-11-20(15(2)12-14)24-16(3)19-13-23-25(18-8-6-5-7-9-18)22(26)21(19)17(24)4/h5-13H,1-4H3. The molecule has 0 radical (unpaired) electrons. The van der Waals surface area contributed by atoms with E-state index in [9.17, 15) is 4.79 Å². The topological polar surface area (TPSA) is 39.8 Å². The summed E-state index contributed by atoms with van der Waals surface area (Å²) in [5.74, 6) is 0. The maximum absolute atomic E-state index is 13.2. The molecule has 0 saturated heterocycles. The maximum Gasteiger partial charge on any atom is 0.281 e. The summed E-state index contributed by atoms with van der Waals surface area (Å²) in [5, 5.41) is 6.04. The first kappa shape index (κ1) is 16.3. The Hall–Kier alpha value is -3.14. The minimum Gasteiger partial charge on any atom is -0.317 e. The fourth-order valence-electron chi connectivity index (χ4n) is 3.73. The molecule has 0 aliphatic heterocycles. The molecule has 0 aliphatic rings. The van der Waals surface area contributed by atoms with Crippen molar-refractivity contribution in [3.05, 3.63) is 87.6 Å². The molecule has 4 rings (SSSR count). The molecule has 130 valence electrons. The summed E-state index contributed by atoms with van der Waals surface area (Å²) in [7, 11) is 0. The fraction of sp³-hybridized carbons (Fsp3) is 0.182. The number of rotatable bonds is 2. The molecule has 0 bridgehead atoms. The Labute approximate surface area is 152 Å². The van der Waals surface area contributed by atoms with Gasteiger partial charge in [0, 0.05) is 22.5 Å². The molecule has 2 aromatic carbocycles. The largest absolute Gasteiger partial charge is 0.317 e. The Morgan fingerprint density at radius 1 is 0.885 bits per heavy atom. The van der Waals surface area contributed by atoms with Gasteiger partial charge in [-0.25, -0.2) is 0 Å². The molecule has 4 aromatic rings. The Morgan fingerprint density at radius 2 is 1.62 bits per heavy atom. The van der Waals surface area contributed by atoms with Crippen LogP contribution in [0.2, 0.25) is 0 Å². The highest BCUT2D eigenvalue weighted by Gasteiger charge is 2.18. The summed E-state index contributed by atoms with van der Waals surface area (Å²) in [6.45, 7) is 8.24. The van der Waals surface area contributed by atoms with E-state index in [-0.39, 0.29) is 5.56 Å². The Balaban J connectivity index is 2.04. The van der Waals surface area contributed by atoms with E-state index in [1.807, 2.05) is 44.2 Å². The second kappa shape index (κ2) is 5.99. The summed E-state index contributed by atoms with van der Waals surface area (Å²) in [4.78, 5) is 13.2. The van der Waals surface area contributed by atoms with E-state index in [0.717, 1.165) is 33.5 Å². The first-order valence-electron chi connectivity index (χ1n) is 8.72. The van der Waals surface area contributed by atoms with Crippen LogP contribution in [0.4, 0.5) is 0 Å². The maximum atomic E-state index is 13.2. The van der Waals surface area contributed by atoms with E-state index in [2.05, 4.69) is 41.7 Å². The van der Waals surface area contributed by atoms with Gasteiger partial charge in [0.2, 0.25) is 0 Å². The van der Waals surface area contributed by atoms with Gasteiger partial charge in [0.25, 0.3) is 5.56 Å². The van der Waals surface area contributed by atoms with Crippen LogP contribution >= 0.6 is 0 Å². The summed E-state index contributed by atoms with van der Waals surface area (Å²) >= 11 is 0. The van der Waals surface area contributed by atoms with E-state index in [0.29, 0.717) is 0 Å². The Morgan fingerprint density at radius 3 is 2.31 bits per heavy atom. The molecule has 0 amide bonds. The number of aryl methyl sites for hydroxylation is 4. The lowest BCUT2D eigenvalue weighted by atomic mass is 10.1. The van der Waals surface area contributed by atoms with Gasteiger partial charge >= 0.3 is 0 Å². The molecular weight excluding hydrogens is 322 g/mol. The molecule has 26 heavy (non-hydrogen) atoms. The van der Waals surface area contributed by atoms with Crippen LogP contribution in [0.15, 0.2) is 59.5 Å². The third kappa shape index (κ3) is 2.37. The Kier molecular flexibility index (Phi) is 3.76. The third-order valence-electron chi connectivity index (χ3n) is 4.99. The first-order chi connectivity index (χ1) is 12.5. The van der Waals surface area contributed by atoms with Crippen molar-refractivity contribution >= 4 is 10.8 Å². The molecular formula is C22H21N3O. The predicted octanol–water partition coefficient (Wildman–Crippen LogP) is 4.41. The number of para-hydroxylation sites is 1. The zero-order valence-corrected chi connectivity index (χ0v) is 15.4. The SMILES string of the molecule is Cc1ccc(-n2c(C)c3cnn(-c4ccccc4)c(=O)c3c2C)c(C)c1. The highest BCUT2D eigenvalue weighted by atomic mass is 16.1. The summed E-state index contributed by atoms with van der Waals surface area (Å²) in [6.07, 6.45) is 1.80. The van der Waals surface area contributed by atoms with Gasteiger partial charge in [-0.2, -0.15) is 9.78 Å². The molecule has 0 saturated carbocycles. The number of aromatic nitrogens is 3. The van der Waals surface area contributed by atoms with Gasteiger partial charge in [0.15, 0.2) is 0 Å². The average Bonchev–Trinajstić information content (AvgIpc) is 2.88. The van der Waals surface area contributed by atoms with Gasteiger partial charge in [-0.05, 0) is 51.5 Å². The summed E-state index contributed by atoms with van der Waals surface area (Å²) in [5.41, 5.74) is 6.19. The van der Waals surface area contributed by atoms with E-state index < -0.39 is 0 Å². The lowest BCUT2D eigenvalue weighted by Gasteiger charge is -2.13. The lowest BCUT2D eigenvalue weighted by Crippen LogP contribution is -2.21. The molecule has 4 nitrogen and oxygen atoms in total. The van der Waals surface area contributed by atoms with Gasteiger partial charge in [-0.1, -0.05) is 35.9 Å². The molecule has 0 aliphatic carbocycles. The van der Waals surface area contributed by atoms with Crippen molar-refractivity contribution in [2.24, 2.45) is 0 Å². The van der Waals surface area contributed by atoms with Crippen molar-refractivity contribution < 1.29 is 0 Å². The molecule has 0 atom stereocenters. The quantitative estimate of drug-likeness (QED) is 0.541. The third-order valence-corrected chi connectivity index (χ3v) is 4.99. The highest BCUT2D eigenvalue weighted by Crippen LogP contribution is 2.28. The van der Waals surface area contributed by atoms with Crippen LogP contribution in [0.3, 0.4) is 0 Å². The van der Waals surface area contributed by atoms with Crippen molar-refractivity contribution in [3.63, 3.8) is 0 Å². The first-order valence-corrected chi connectivity index (χ1v) is 8.72. The van der Waals surface area contributed by atoms with E-state index in [1.54, 1.807) is 6.20 Å². The number of hydrogen-bond acceptors (Lipinski definition) is 2. The van der Waals surface area contributed by atoms with Crippen LogP contribution in [0, 0.1) is 27.7 Å². The van der Waals surface area contributed by atoms with Crippen LogP contribution in [-0.2, 0) is 0 Å². The minimum absolute atomic E-state index is 0.0854. The molecule has 0 N–H and O–H groups in total. The van der Waals surface area contributed by atoms with Gasteiger partial charge in [-0.15, -0.1) is 0 Å². The summed E-state index contributed by atoms with van der Waals surface area (Å²) < 4.78 is 3.64. The zero-order valence-electron chi connectivity index (χ0n) is 15.4. The van der Waals surface area contributed by atoms with Gasteiger partial charge in [0.05, 0.1) is 17.3 Å². The number of fused-ring (bicyclic) bond motifs is 1. The fourth-order valence-corrected chi connectivity index (χ4v) is 3.73. The van der Waals surface area contributed by atoms with Crippen molar-refractivity contribution in [1.82, 2.24) is 14.3 Å². The number of hydrogen-bond donors (Lipinski definition) is 0. The van der Waals surface area contributed by atoms with Crippen LogP contribution in [0.25, 0.3) is 22.1 Å². The van der Waals surface area contributed by atoms with E-state index in [4.69, 9.17) is 0 Å². The second-order valence-corrected chi connectivity index (χ2v) is 6.78. The van der Waals surface area contributed by atoms with Crippen molar-refractivity contribution in [2.75, 3.05) is 0 Å². The monoisotopic (exact) mass is 343 g/mol. The van der Waals surface area contributed by atoms with Crippen LogP contribution in [0.1, 0.15) is 22.5 Å². The number of benzene rings is 2. The molecule has 2 aromatic heterocycles. The van der Waals surface area contributed by atoms with Crippen molar-refractivity contribution in [3.8, 4) is 11.4 Å². The van der Waals surface area contributed by atoms with Crippen LogP contribution < -0.4 is 5.56 Å². The smallest absolute Gasteiger partial charge is 0.281 e. The van der Waals surface area contributed by atoms with Gasteiger partial charge in [0.1, 0.15) is 0 Å². The Bertz CT molecular complexity index is 1180. The minimum atomic E-state index is -0.0854. The van der Waals surface area contributed by atoms with Crippen molar-refractivity contribution in [1.29, 1.82) is 0 Å². The van der Waals surface area contributed by atoms with Gasteiger partial charge < -0.3 is 4.57 Å². The van der Waals surface area contributed by atoms with Crippen LogP contribution in [-0.4, -0.2) is 14.3 Å². The summed E-state index contributed by atoms with van der Waals surface area (Å²) in [6, 6.07) is 15.9. The highest BCUT2D eigenvalue weighted by molar-refractivity contribution is 5.88. The average molecular weight is 343 g/mol.